The average Bonchev–Trinajstić information content (AvgIpc) is 3.08. The molecule has 2 aromatic carbocycles. The van der Waals surface area contributed by atoms with Crippen LogP contribution in [0, 0.1) is 10.1 Å². The third kappa shape index (κ3) is 4.05. The maximum absolute atomic E-state index is 12.3. The van der Waals surface area contributed by atoms with Crippen LogP contribution in [0.25, 0.3) is 0 Å². The number of nitrogens with zero attached hydrogens (tertiary/aromatic N) is 2. The molecule has 0 bridgehead atoms. The number of anilines is 1. The zero-order valence-corrected chi connectivity index (χ0v) is 14.2. The first-order valence-electron chi connectivity index (χ1n) is 8.46. The number of hydrogen-bond acceptors (Lipinski definition) is 4. The van der Waals surface area contributed by atoms with Crippen LogP contribution < -0.4 is 10.2 Å². The van der Waals surface area contributed by atoms with Gasteiger partial charge in [-0.25, -0.2) is 0 Å². The molecule has 1 aliphatic heterocycles. The highest BCUT2D eigenvalue weighted by molar-refractivity contribution is 5.99. The molecule has 0 atom stereocenters. The lowest BCUT2D eigenvalue weighted by atomic mass is 10.1. The molecule has 7 nitrogen and oxygen atoms in total. The standard InChI is InChI=1S/C19H19N3O4/c23-18-5-2-12-21(18)17-4-1-3-15(13-17)19(24)20-11-10-14-6-8-16(9-7-14)22(25)26/h1,3-4,6-9,13H,2,5,10-12H2,(H,20,24). The molecule has 2 amide bonds. The minimum absolute atomic E-state index is 0.0473. The second-order valence-corrected chi connectivity index (χ2v) is 6.13. The fraction of sp³-hybridized carbons (Fsp3) is 0.263. The second-order valence-electron chi connectivity index (χ2n) is 6.13. The maximum Gasteiger partial charge on any atom is 0.269 e. The van der Waals surface area contributed by atoms with Crippen molar-refractivity contribution >= 4 is 23.2 Å². The van der Waals surface area contributed by atoms with Gasteiger partial charge in [0.25, 0.3) is 11.6 Å². The Labute approximate surface area is 150 Å². The number of nitro benzene ring substituents is 1. The SMILES string of the molecule is O=C(NCCc1ccc([N+](=O)[O-])cc1)c1cccc(N2CCCC2=O)c1. The number of nitrogens with one attached hydrogen (secondary N) is 1. The van der Waals surface area contributed by atoms with Crippen molar-refractivity contribution in [1.29, 1.82) is 0 Å². The van der Waals surface area contributed by atoms with Gasteiger partial charge in [0.15, 0.2) is 0 Å². The zero-order valence-electron chi connectivity index (χ0n) is 14.2. The first kappa shape index (κ1) is 17.6. The quantitative estimate of drug-likeness (QED) is 0.638. The molecule has 1 fully saturated rings. The summed E-state index contributed by atoms with van der Waals surface area (Å²) >= 11 is 0. The van der Waals surface area contributed by atoms with Gasteiger partial charge in [-0.2, -0.15) is 0 Å². The first-order chi connectivity index (χ1) is 12.5. The van der Waals surface area contributed by atoms with E-state index in [1.54, 1.807) is 35.2 Å². The van der Waals surface area contributed by atoms with Crippen LogP contribution in [-0.2, 0) is 11.2 Å². The van der Waals surface area contributed by atoms with Gasteiger partial charge >= 0.3 is 0 Å². The molecule has 0 radical (unpaired) electrons. The van der Waals surface area contributed by atoms with Crippen LogP contribution in [0.2, 0.25) is 0 Å². The van der Waals surface area contributed by atoms with E-state index in [9.17, 15) is 19.7 Å². The predicted molar refractivity (Wildman–Crippen MR) is 97.2 cm³/mol. The lowest BCUT2D eigenvalue weighted by Gasteiger charge is -2.16. The lowest BCUT2D eigenvalue weighted by molar-refractivity contribution is -0.384. The highest BCUT2D eigenvalue weighted by Gasteiger charge is 2.22. The fourth-order valence-electron chi connectivity index (χ4n) is 2.94. The van der Waals surface area contributed by atoms with Gasteiger partial charge in [0, 0.05) is 42.9 Å². The van der Waals surface area contributed by atoms with Gasteiger partial charge < -0.3 is 10.2 Å². The van der Waals surface area contributed by atoms with Crippen molar-refractivity contribution in [3.8, 4) is 0 Å². The first-order valence-corrected chi connectivity index (χ1v) is 8.46. The van der Waals surface area contributed by atoms with Gasteiger partial charge in [0.05, 0.1) is 4.92 Å². The van der Waals surface area contributed by atoms with Gasteiger partial charge in [0.2, 0.25) is 5.91 Å². The van der Waals surface area contributed by atoms with E-state index >= 15 is 0 Å². The highest BCUT2D eigenvalue weighted by Crippen LogP contribution is 2.22. The second kappa shape index (κ2) is 7.77. The molecule has 1 saturated heterocycles. The van der Waals surface area contributed by atoms with Crippen molar-refractivity contribution in [2.45, 2.75) is 19.3 Å². The summed E-state index contributed by atoms with van der Waals surface area (Å²) < 4.78 is 0. The number of benzene rings is 2. The monoisotopic (exact) mass is 353 g/mol. The van der Waals surface area contributed by atoms with Gasteiger partial charge in [-0.05, 0) is 36.6 Å². The highest BCUT2D eigenvalue weighted by atomic mass is 16.6. The molecule has 2 aromatic rings. The molecule has 0 saturated carbocycles. The number of rotatable bonds is 6. The molecule has 26 heavy (non-hydrogen) atoms. The van der Waals surface area contributed by atoms with Crippen molar-refractivity contribution in [1.82, 2.24) is 5.32 Å². The fourth-order valence-corrected chi connectivity index (χ4v) is 2.94. The van der Waals surface area contributed by atoms with E-state index in [4.69, 9.17) is 0 Å². The Morgan fingerprint density at radius 3 is 2.62 bits per heavy atom. The van der Waals surface area contributed by atoms with Gasteiger partial charge in [-0.1, -0.05) is 18.2 Å². The van der Waals surface area contributed by atoms with Crippen molar-refractivity contribution in [3.63, 3.8) is 0 Å². The van der Waals surface area contributed by atoms with E-state index in [0.29, 0.717) is 31.5 Å². The zero-order chi connectivity index (χ0) is 18.5. The van der Waals surface area contributed by atoms with Crippen LogP contribution in [0.4, 0.5) is 11.4 Å². The average molecular weight is 353 g/mol. The largest absolute Gasteiger partial charge is 0.352 e. The Bertz CT molecular complexity index is 833. The summed E-state index contributed by atoms with van der Waals surface area (Å²) in [7, 11) is 0. The van der Waals surface area contributed by atoms with E-state index in [1.165, 1.54) is 12.1 Å². The van der Waals surface area contributed by atoms with E-state index in [0.717, 1.165) is 17.7 Å². The molecule has 0 aromatic heterocycles. The predicted octanol–water partition coefficient (Wildman–Crippen LogP) is 2.69. The molecule has 0 aliphatic carbocycles. The summed E-state index contributed by atoms with van der Waals surface area (Å²) in [6.07, 6.45) is 1.96. The summed E-state index contributed by atoms with van der Waals surface area (Å²) in [6, 6.07) is 13.3. The molecule has 1 heterocycles. The van der Waals surface area contributed by atoms with E-state index in [2.05, 4.69) is 5.32 Å². The Morgan fingerprint density at radius 2 is 1.96 bits per heavy atom. The molecule has 0 spiro atoms. The minimum atomic E-state index is -0.441. The summed E-state index contributed by atoms with van der Waals surface area (Å²) in [5.41, 5.74) is 2.21. The molecule has 0 unspecified atom stereocenters. The Hall–Kier alpha value is -3.22. The number of amides is 2. The van der Waals surface area contributed by atoms with Gasteiger partial charge in [0.1, 0.15) is 0 Å². The molecule has 1 N–H and O–H groups in total. The van der Waals surface area contributed by atoms with Crippen LogP contribution in [0.15, 0.2) is 48.5 Å². The number of carbonyl (C=O) groups is 2. The normalized spacial score (nSPS) is 13.7. The topological polar surface area (TPSA) is 92.5 Å². The molecule has 3 rings (SSSR count). The molecule has 1 aliphatic rings. The van der Waals surface area contributed by atoms with Crippen LogP contribution in [-0.4, -0.2) is 29.8 Å². The molecule has 134 valence electrons. The van der Waals surface area contributed by atoms with Gasteiger partial charge in [-0.3, -0.25) is 19.7 Å². The summed E-state index contributed by atoms with van der Waals surface area (Å²) in [5.74, 6) is -0.124. The lowest BCUT2D eigenvalue weighted by Crippen LogP contribution is -2.27. The van der Waals surface area contributed by atoms with Crippen molar-refractivity contribution < 1.29 is 14.5 Å². The van der Waals surface area contributed by atoms with Crippen molar-refractivity contribution in [3.05, 3.63) is 69.8 Å². The van der Waals surface area contributed by atoms with Crippen LogP contribution in [0.5, 0.6) is 0 Å². The number of nitro groups is 1. The Kier molecular flexibility index (Phi) is 5.26. The van der Waals surface area contributed by atoms with Crippen LogP contribution in [0.3, 0.4) is 0 Å². The summed E-state index contributed by atoms with van der Waals surface area (Å²) in [5, 5.41) is 13.5. The third-order valence-corrected chi connectivity index (χ3v) is 4.34. The molecular formula is C19H19N3O4. The number of carbonyl (C=O) groups excluding carboxylic acids is 2. The Balaban J connectivity index is 1.56. The smallest absolute Gasteiger partial charge is 0.269 e. The summed E-state index contributed by atoms with van der Waals surface area (Å²) in [4.78, 5) is 36.1. The van der Waals surface area contributed by atoms with Crippen molar-refractivity contribution in [2.24, 2.45) is 0 Å². The van der Waals surface area contributed by atoms with E-state index in [-0.39, 0.29) is 17.5 Å². The Morgan fingerprint density at radius 1 is 1.19 bits per heavy atom. The minimum Gasteiger partial charge on any atom is -0.352 e. The van der Waals surface area contributed by atoms with E-state index < -0.39 is 4.92 Å². The van der Waals surface area contributed by atoms with Gasteiger partial charge in [-0.15, -0.1) is 0 Å². The molecular weight excluding hydrogens is 334 g/mol. The number of hydrogen-bond donors (Lipinski definition) is 1. The van der Waals surface area contributed by atoms with E-state index in [1.807, 2.05) is 6.07 Å². The molecule has 7 heteroatoms. The maximum atomic E-state index is 12.3. The van der Waals surface area contributed by atoms with Crippen LogP contribution >= 0.6 is 0 Å². The number of non-ortho nitro benzene ring substituents is 1. The van der Waals surface area contributed by atoms with Crippen molar-refractivity contribution in [2.75, 3.05) is 18.0 Å². The van der Waals surface area contributed by atoms with Crippen LogP contribution in [0.1, 0.15) is 28.8 Å². The third-order valence-electron chi connectivity index (χ3n) is 4.34. The summed E-state index contributed by atoms with van der Waals surface area (Å²) in [6.45, 7) is 1.10.